The highest BCUT2D eigenvalue weighted by Crippen LogP contribution is 2.26. The average Bonchev–Trinajstić information content (AvgIpc) is 2.86. The maximum absolute atomic E-state index is 11.8. The van der Waals surface area contributed by atoms with Crippen molar-refractivity contribution in [2.75, 3.05) is 32.7 Å². The molecule has 1 aromatic rings. The molecule has 2 rings (SSSR count). The molecule has 1 saturated carbocycles. The number of carboxylic acid groups (broad SMARTS) is 5. The summed E-state index contributed by atoms with van der Waals surface area (Å²) in [5, 5.41) is 60.8. The van der Waals surface area contributed by atoms with Crippen LogP contribution in [0.2, 0.25) is 0 Å². The zero-order valence-corrected chi connectivity index (χ0v) is 22.1. The minimum Gasteiger partial charge on any atom is -0.480 e. The molecule has 16 nitrogen and oxygen atoms in total. The van der Waals surface area contributed by atoms with Crippen LogP contribution in [0.4, 0.5) is 5.69 Å². The first-order chi connectivity index (χ1) is 19.3. The van der Waals surface area contributed by atoms with E-state index in [1.807, 2.05) is 0 Å². The summed E-state index contributed by atoms with van der Waals surface area (Å²) >= 11 is 0. The van der Waals surface area contributed by atoms with Gasteiger partial charge in [-0.1, -0.05) is 25.0 Å². The highest BCUT2D eigenvalue weighted by Gasteiger charge is 2.35. The van der Waals surface area contributed by atoms with Gasteiger partial charge in [0.25, 0.3) is 5.69 Å². The van der Waals surface area contributed by atoms with Gasteiger partial charge in [-0.25, -0.2) is 9.59 Å². The summed E-state index contributed by atoms with van der Waals surface area (Å²) in [7, 11) is 0. The van der Waals surface area contributed by atoms with Crippen LogP contribution in [0.1, 0.15) is 31.2 Å². The number of non-ortho nitro benzene ring substituents is 1. The Morgan fingerprint density at radius 2 is 1.41 bits per heavy atom. The van der Waals surface area contributed by atoms with E-state index in [0.29, 0.717) is 24.8 Å². The Morgan fingerprint density at radius 1 is 0.878 bits per heavy atom. The standard InChI is InChI=1S/C25H34N4O12/c30-20(31)12-27(10-16-3-1-2-4-19(16)26-23(24(36)37)25(38)39)11-18(28(13-21(32)33)14-22(34)35)9-15-5-7-17(8-6-15)29(40)41/h5-8,16,18-19,23,26H,1-4,9-14H2,(H,30,31)(H,32,33)(H,34,35)(H,36,37)(H,38,39). The number of nitrogens with one attached hydrogen (secondary N) is 1. The van der Waals surface area contributed by atoms with Gasteiger partial charge in [0, 0.05) is 37.3 Å². The molecule has 3 atom stereocenters. The van der Waals surface area contributed by atoms with Crippen LogP contribution >= 0.6 is 0 Å². The Balaban J connectivity index is 2.37. The van der Waals surface area contributed by atoms with Crippen molar-refractivity contribution in [1.29, 1.82) is 0 Å². The van der Waals surface area contributed by atoms with Gasteiger partial charge in [0.15, 0.2) is 0 Å². The molecule has 1 aliphatic rings. The summed E-state index contributed by atoms with van der Waals surface area (Å²) < 4.78 is 0. The summed E-state index contributed by atoms with van der Waals surface area (Å²) in [5.41, 5.74) is 0.349. The molecule has 3 unspecified atom stereocenters. The molecule has 0 amide bonds. The van der Waals surface area contributed by atoms with Gasteiger partial charge in [-0.15, -0.1) is 0 Å². The van der Waals surface area contributed by atoms with Crippen LogP contribution in [-0.4, -0.2) is 121 Å². The van der Waals surface area contributed by atoms with E-state index in [2.05, 4.69) is 5.32 Å². The van der Waals surface area contributed by atoms with Gasteiger partial charge < -0.3 is 25.5 Å². The largest absolute Gasteiger partial charge is 0.480 e. The summed E-state index contributed by atoms with van der Waals surface area (Å²) in [6.07, 6.45) is 2.48. The first-order valence-corrected chi connectivity index (χ1v) is 12.8. The fraction of sp³-hybridized carbons (Fsp3) is 0.560. The first kappa shape index (κ1) is 33.1. The molecule has 6 N–H and O–H groups in total. The zero-order valence-electron chi connectivity index (χ0n) is 22.1. The van der Waals surface area contributed by atoms with Gasteiger partial charge in [-0.05, 0) is 30.7 Å². The second-order valence-electron chi connectivity index (χ2n) is 9.99. The van der Waals surface area contributed by atoms with Crippen molar-refractivity contribution < 1.29 is 54.4 Å². The normalized spacial score (nSPS) is 17.8. The Kier molecular flexibility index (Phi) is 12.6. The number of nitro groups is 1. The molecular weight excluding hydrogens is 548 g/mol. The molecule has 0 radical (unpaired) electrons. The Labute approximate surface area is 234 Å². The predicted molar refractivity (Wildman–Crippen MR) is 139 cm³/mol. The number of hydrogen-bond acceptors (Lipinski definition) is 10. The lowest BCUT2D eigenvalue weighted by Gasteiger charge is -2.39. The third-order valence-electron chi connectivity index (χ3n) is 6.92. The van der Waals surface area contributed by atoms with Crippen molar-refractivity contribution in [2.45, 2.75) is 50.2 Å². The molecule has 0 aliphatic heterocycles. The van der Waals surface area contributed by atoms with Crippen LogP contribution < -0.4 is 5.32 Å². The average molecular weight is 583 g/mol. The molecule has 16 heteroatoms. The summed E-state index contributed by atoms with van der Waals surface area (Å²) in [5.74, 6) is -7.31. The lowest BCUT2D eigenvalue weighted by Crippen LogP contribution is -2.55. The molecule has 0 heterocycles. The smallest absolute Gasteiger partial charge is 0.332 e. The van der Waals surface area contributed by atoms with Gasteiger partial charge in [0.05, 0.1) is 24.6 Å². The number of benzene rings is 1. The van der Waals surface area contributed by atoms with Crippen LogP contribution in [0.5, 0.6) is 0 Å². The number of carbonyl (C=O) groups is 5. The zero-order chi connectivity index (χ0) is 30.7. The second-order valence-corrected chi connectivity index (χ2v) is 9.99. The topological polar surface area (TPSA) is 248 Å². The van der Waals surface area contributed by atoms with Crippen molar-refractivity contribution in [3.05, 3.63) is 39.9 Å². The van der Waals surface area contributed by atoms with E-state index in [1.165, 1.54) is 34.1 Å². The minimum absolute atomic E-state index is 0.0428. The first-order valence-electron chi connectivity index (χ1n) is 12.8. The molecule has 226 valence electrons. The van der Waals surface area contributed by atoms with Crippen molar-refractivity contribution in [3.63, 3.8) is 0 Å². The quantitative estimate of drug-likeness (QED) is 0.0760. The van der Waals surface area contributed by atoms with E-state index in [0.717, 1.165) is 6.42 Å². The van der Waals surface area contributed by atoms with E-state index in [9.17, 15) is 59.6 Å². The molecule has 0 spiro atoms. The highest BCUT2D eigenvalue weighted by molar-refractivity contribution is 5.97. The summed E-state index contributed by atoms with van der Waals surface area (Å²) in [6.45, 7) is -1.86. The maximum Gasteiger partial charge on any atom is 0.332 e. The van der Waals surface area contributed by atoms with E-state index < -0.39 is 72.5 Å². The van der Waals surface area contributed by atoms with Gasteiger partial charge in [0.1, 0.15) is 0 Å². The fourth-order valence-electron chi connectivity index (χ4n) is 5.13. The monoisotopic (exact) mass is 582 g/mol. The van der Waals surface area contributed by atoms with E-state index in [1.54, 1.807) is 0 Å². The van der Waals surface area contributed by atoms with Crippen molar-refractivity contribution in [1.82, 2.24) is 15.1 Å². The Morgan fingerprint density at radius 3 is 1.90 bits per heavy atom. The predicted octanol–water partition coefficient (Wildman–Crippen LogP) is 0.0499. The second kappa shape index (κ2) is 15.6. The lowest BCUT2D eigenvalue weighted by atomic mass is 9.83. The number of nitrogens with zero attached hydrogens (tertiary/aromatic N) is 3. The fourth-order valence-corrected chi connectivity index (χ4v) is 5.13. The highest BCUT2D eigenvalue weighted by atomic mass is 16.6. The van der Waals surface area contributed by atoms with Gasteiger partial charge in [-0.3, -0.25) is 39.6 Å². The third kappa shape index (κ3) is 11.1. The van der Waals surface area contributed by atoms with E-state index in [-0.39, 0.29) is 31.1 Å². The summed E-state index contributed by atoms with van der Waals surface area (Å²) in [6, 6.07) is 2.14. The minimum atomic E-state index is -1.86. The van der Waals surface area contributed by atoms with Crippen LogP contribution in [0.25, 0.3) is 0 Å². The molecule has 41 heavy (non-hydrogen) atoms. The molecule has 1 aliphatic carbocycles. The number of hydrogen-bond donors (Lipinski definition) is 6. The Bertz CT molecular complexity index is 1080. The van der Waals surface area contributed by atoms with Gasteiger partial charge in [-0.2, -0.15) is 0 Å². The van der Waals surface area contributed by atoms with Crippen molar-refractivity contribution >= 4 is 35.5 Å². The lowest BCUT2D eigenvalue weighted by molar-refractivity contribution is -0.384. The molecule has 1 fully saturated rings. The van der Waals surface area contributed by atoms with E-state index in [4.69, 9.17) is 0 Å². The van der Waals surface area contributed by atoms with Gasteiger partial charge in [0.2, 0.25) is 6.04 Å². The van der Waals surface area contributed by atoms with Crippen molar-refractivity contribution in [2.24, 2.45) is 5.92 Å². The number of nitro benzene ring substituents is 1. The number of rotatable bonds is 18. The number of aliphatic carboxylic acids is 5. The molecule has 0 aromatic heterocycles. The van der Waals surface area contributed by atoms with E-state index >= 15 is 0 Å². The molecular formula is C25H34N4O12. The molecule has 0 saturated heterocycles. The number of carboxylic acids is 5. The molecule has 1 aromatic carbocycles. The van der Waals surface area contributed by atoms with Crippen LogP contribution in [0.3, 0.4) is 0 Å². The maximum atomic E-state index is 11.8. The van der Waals surface area contributed by atoms with Crippen molar-refractivity contribution in [3.8, 4) is 0 Å². The van der Waals surface area contributed by atoms with Gasteiger partial charge >= 0.3 is 29.8 Å². The summed E-state index contributed by atoms with van der Waals surface area (Å²) in [4.78, 5) is 70.9. The molecule has 0 bridgehead atoms. The SMILES string of the molecule is O=C(O)CN(CC1CCCCC1NC(C(=O)O)C(=O)O)CC(Cc1ccc([N+](=O)[O-])cc1)N(CC(=O)O)CC(=O)O. The van der Waals surface area contributed by atoms with Crippen LogP contribution in [-0.2, 0) is 30.4 Å². The third-order valence-corrected chi connectivity index (χ3v) is 6.92. The van der Waals surface area contributed by atoms with Crippen LogP contribution in [0.15, 0.2) is 24.3 Å². The van der Waals surface area contributed by atoms with Crippen LogP contribution in [0, 0.1) is 16.0 Å². The Hall–Kier alpha value is -4.15.